The van der Waals surface area contributed by atoms with Crippen molar-refractivity contribution in [3.05, 3.63) is 0 Å². The van der Waals surface area contributed by atoms with Crippen molar-refractivity contribution in [2.24, 2.45) is 11.3 Å². The summed E-state index contributed by atoms with van der Waals surface area (Å²) in [6.07, 6.45) is 2.06. The maximum absolute atomic E-state index is 12.5. The van der Waals surface area contributed by atoms with E-state index in [9.17, 15) is 19.2 Å². The molecule has 172 valence electrons. The zero-order valence-electron chi connectivity index (χ0n) is 19.1. The van der Waals surface area contributed by atoms with Gasteiger partial charge in [-0.15, -0.1) is 0 Å². The van der Waals surface area contributed by atoms with E-state index in [1.807, 2.05) is 34.6 Å². The Morgan fingerprint density at radius 3 is 2.43 bits per heavy atom. The lowest BCUT2D eigenvalue weighted by molar-refractivity contribution is -0.139. The number of nitrogens with one attached hydrogen (secondary N) is 1. The van der Waals surface area contributed by atoms with Gasteiger partial charge in [0.25, 0.3) is 0 Å². The molecule has 1 aliphatic rings. The molecule has 2 unspecified atom stereocenters. The van der Waals surface area contributed by atoms with E-state index in [-0.39, 0.29) is 55.9 Å². The Morgan fingerprint density at radius 2 is 1.87 bits per heavy atom. The number of Topliss-reactive ketones (excluding diaryl/α,β-unsaturated/α-hetero) is 1. The third kappa shape index (κ3) is 8.14. The average Bonchev–Trinajstić information content (AvgIpc) is 2.94. The summed E-state index contributed by atoms with van der Waals surface area (Å²) in [4.78, 5) is 49.9. The van der Waals surface area contributed by atoms with E-state index in [1.54, 1.807) is 0 Å². The van der Waals surface area contributed by atoms with Crippen molar-refractivity contribution in [3.8, 4) is 0 Å². The molecule has 1 saturated heterocycles. The number of aliphatic hydroxyl groups excluding tert-OH is 1. The van der Waals surface area contributed by atoms with E-state index in [4.69, 9.17) is 9.84 Å². The van der Waals surface area contributed by atoms with Crippen molar-refractivity contribution >= 4 is 23.5 Å². The number of hydrogen-bond donors (Lipinski definition) is 2. The van der Waals surface area contributed by atoms with Crippen LogP contribution in [0.1, 0.15) is 73.1 Å². The van der Waals surface area contributed by atoms with Gasteiger partial charge in [-0.3, -0.25) is 24.1 Å². The molecule has 0 spiro atoms. The van der Waals surface area contributed by atoms with Gasteiger partial charge >= 0.3 is 0 Å². The number of likely N-dealkylation sites (tertiary alicyclic amines) is 1. The molecule has 1 fully saturated rings. The van der Waals surface area contributed by atoms with Gasteiger partial charge in [0.05, 0.1) is 12.2 Å². The van der Waals surface area contributed by atoms with Crippen molar-refractivity contribution in [1.82, 2.24) is 10.2 Å². The number of carbonyl (C=O) groups is 4. The molecule has 0 bridgehead atoms. The van der Waals surface area contributed by atoms with Crippen LogP contribution in [0.4, 0.5) is 0 Å². The minimum Gasteiger partial charge on any atom is -0.396 e. The van der Waals surface area contributed by atoms with Gasteiger partial charge in [-0.25, -0.2) is 0 Å². The van der Waals surface area contributed by atoms with Gasteiger partial charge in [-0.2, -0.15) is 0 Å². The number of aliphatic hydroxyl groups is 1. The van der Waals surface area contributed by atoms with E-state index < -0.39 is 16.9 Å². The molecule has 0 aromatic heterocycles. The molecule has 0 aliphatic carbocycles. The normalized spacial score (nSPS) is 19.1. The summed E-state index contributed by atoms with van der Waals surface area (Å²) in [5.41, 5.74) is -0.878. The highest BCUT2D eigenvalue weighted by Gasteiger charge is 2.38. The Bertz CT molecular complexity index is 628. The largest absolute Gasteiger partial charge is 0.396 e. The van der Waals surface area contributed by atoms with Gasteiger partial charge in [0.2, 0.25) is 17.7 Å². The number of ether oxygens (including phenoxy) is 1. The molecule has 1 heterocycles. The number of ketones is 1. The van der Waals surface area contributed by atoms with Crippen molar-refractivity contribution in [3.63, 3.8) is 0 Å². The zero-order chi connectivity index (χ0) is 22.9. The fourth-order valence-electron chi connectivity index (χ4n) is 3.27. The van der Waals surface area contributed by atoms with Gasteiger partial charge in [-0.1, -0.05) is 27.7 Å². The molecule has 8 nitrogen and oxygen atoms in total. The molecule has 0 aromatic carbocycles. The van der Waals surface area contributed by atoms with Crippen LogP contribution in [0.15, 0.2) is 0 Å². The quantitative estimate of drug-likeness (QED) is 0.343. The van der Waals surface area contributed by atoms with Gasteiger partial charge < -0.3 is 15.2 Å². The van der Waals surface area contributed by atoms with Crippen LogP contribution in [-0.2, 0) is 23.9 Å². The second kappa shape index (κ2) is 11.6. The van der Waals surface area contributed by atoms with E-state index in [1.165, 1.54) is 0 Å². The predicted molar refractivity (Wildman–Crippen MR) is 113 cm³/mol. The van der Waals surface area contributed by atoms with Crippen LogP contribution in [0.5, 0.6) is 0 Å². The first-order chi connectivity index (χ1) is 13.9. The molecule has 8 heteroatoms. The van der Waals surface area contributed by atoms with Crippen molar-refractivity contribution < 1.29 is 29.0 Å². The third-order valence-corrected chi connectivity index (χ3v) is 5.72. The SMILES string of the molecule is CCC(C)(CCO)OCCNC(=O)CCN1C(=O)CC(CCC(=O)C(C)(C)C)C1=O. The fourth-order valence-corrected chi connectivity index (χ4v) is 3.27. The molecule has 0 aromatic rings. The first-order valence-corrected chi connectivity index (χ1v) is 10.8. The van der Waals surface area contributed by atoms with E-state index in [0.29, 0.717) is 26.0 Å². The molecule has 1 aliphatic heterocycles. The summed E-state index contributed by atoms with van der Waals surface area (Å²) in [7, 11) is 0. The molecular weight excluding hydrogens is 388 g/mol. The topological polar surface area (TPSA) is 113 Å². The smallest absolute Gasteiger partial charge is 0.232 e. The second-order valence-corrected chi connectivity index (χ2v) is 9.22. The summed E-state index contributed by atoms with van der Waals surface area (Å²) in [5, 5.41) is 11.8. The average molecular weight is 427 g/mol. The summed E-state index contributed by atoms with van der Waals surface area (Å²) in [5.74, 6) is -1.24. The minimum absolute atomic E-state index is 0.0345. The molecule has 2 N–H and O–H groups in total. The van der Waals surface area contributed by atoms with Crippen molar-refractivity contribution in [2.45, 2.75) is 78.7 Å². The summed E-state index contributed by atoms with van der Waals surface area (Å²) < 4.78 is 5.74. The van der Waals surface area contributed by atoms with Crippen LogP contribution in [0, 0.1) is 11.3 Å². The summed E-state index contributed by atoms with van der Waals surface area (Å²) >= 11 is 0. The van der Waals surface area contributed by atoms with Crippen LogP contribution < -0.4 is 5.32 Å². The molecule has 3 amide bonds. The number of imide groups is 1. The lowest BCUT2D eigenvalue weighted by Gasteiger charge is -2.28. The Balaban J connectivity index is 2.36. The van der Waals surface area contributed by atoms with Gasteiger partial charge in [0.1, 0.15) is 5.78 Å². The van der Waals surface area contributed by atoms with Crippen LogP contribution in [0.3, 0.4) is 0 Å². The lowest BCUT2D eigenvalue weighted by Crippen LogP contribution is -2.37. The molecule has 30 heavy (non-hydrogen) atoms. The number of amides is 3. The maximum Gasteiger partial charge on any atom is 0.232 e. The van der Waals surface area contributed by atoms with Crippen molar-refractivity contribution in [1.29, 1.82) is 0 Å². The van der Waals surface area contributed by atoms with Crippen LogP contribution in [0.2, 0.25) is 0 Å². The second-order valence-electron chi connectivity index (χ2n) is 9.22. The van der Waals surface area contributed by atoms with E-state index in [0.717, 1.165) is 11.3 Å². The first-order valence-electron chi connectivity index (χ1n) is 10.8. The highest BCUT2D eigenvalue weighted by molar-refractivity contribution is 6.04. The number of rotatable bonds is 13. The fraction of sp³-hybridized carbons (Fsp3) is 0.818. The third-order valence-electron chi connectivity index (χ3n) is 5.72. The van der Waals surface area contributed by atoms with E-state index >= 15 is 0 Å². The highest BCUT2D eigenvalue weighted by Crippen LogP contribution is 2.27. The number of hydrogen-bond acceptors (Lipinski definition) is 6. The van der Waals surface area contributed by atoms with Gasteiger partial charge in [0.15, 0.2) is 0 Å². The lowest BCUT2D eigenvalue weighted by atomic mass is 9.86. The maximum atomic E-state index is 12.5. The molecule has 2 atom stereocenters. The van der Waals surface area contributed by atoms with Crippen LogP contribution in [0.25, 0.3) is 0 Å². The monoisotopic (exact) mass is 426 g/mol. The van der Waals surface area contributed by atoms with E-state index in [2.05, 4.69) is 5.32 Å². The molecule has 0 saturated carbocycles. The molecule has 1 rings (SSSR count). The zero-order valence-corrected chi connectivity index (χ0v) is 19.1. The number of carbonyl (C=O) groups excluding carboxylic acids is 4. The molecule has 0 radical (unpaired) electrons. The van der Waals surface area contributed by atoms with Crippen LogP contribution >= 0.6 is 0 Å². The molecular formula is C22H38N2O6. The van der Waals surface area contributed by atoms with Gasteiger partial charge in [0, 0.05) is 50.3 Å². The summed E-state index contributed by atoms with van der Waals surface area (Å²) in [6.45, 7) is 10.1. The predicted octanol–water partition coefficient (Wildman–Crippen LogP) is 1.83. The Kier molecular flexibility index (Phi) is 10.1. The Labute approximate surface area is 179 Å². The number of nitrogens with zero attached hydrogens (tertiary/aromatic N) is 1. The Morgan fingerprint density at radius 1 is 1.20 bits per heavy atom. The Hall–Kier alpha value is -1.80. The highest BCUT2D eigenvalue weighted by atomic mass is 16.5. The van der Waals surface area contributed by atoms with Gasteiger partial charge in [-0.05, 0) is 26.2 Å². The van der Waals surface area contributed by atoms with Crippen molar-refractivity contribution in [2.75, 3.05) is 26.3 Å². The van der Waals surface area contributed by atoms with Crippen LogP contribution in [-0.4, -0.2) is 65.4 Å². The first kappa shape index (κ1) is 26.2. The summed E-state index contributed by atoms with van der Waals surface area (Å²) in [6, 6.07) is 0. The minimum atomic E-state index is -0.474. The standard InChI is InChI=1S/C22H38N2O6/c1-6-22(5,10-13-25)30-14-11-23-18(27)9-12-24-19(28)15-16(20(24)29)7-8-17(26)21(2,3)4/h16,25H,6-15H2,1-5H3,(H,23,27).